The Morgan fingerprint density at radius 2 is 2.19 bits per heavy atom. The van der Waals surface area contributed by atoms with Crippen molar-refractivity contribution in [3.05, 3.63) is 0 Å². The number of hydrogen-bond donors (Lipinski definition) is 1. The Kier molecular flexibility index (Phi) is 4.71. The predicted molar refractivity (Wildman–Crippen MR) is 62.3 cm³/mol. The predicted octanol–water partition coefficient (Wildman–Crippen LogP) is 0.302. The van der Waals surface area contributed by atoms with Crippen molar-refractivity contribution in [1.29, 1.82) is 5.26 Å². The first-order chi connectivity index (χ1) is 7.51. The summed E-state index contributed by atoms with van der Waals surface area (Å²) in [6.07, 6.45) is 2.43. The number of nitrogens with one attached hydrogen (secondary N) is 1. The zero-order chi connectivity index (χ0) is 12.2. The lowest BCUT2D eigenvalue weighted by Gasteiger charge is -2.19. The molecule has 0 aromatic rings. The second-order valence-electron chi connectivity index (χ2n) is 4.07. The van der Waals surface area contributed by atoms with Crippen LogP contribution in [0, 0.1) is 11.3 Å². The minimum atomic E-state index is -3.46. The first kappa shape index (κ1) is 13.4. The van der Waals surface area contributed by atoms with Crippen molar-refractivity contribution in [1.82, 2.24) is 9.62 Å². The molecular weight excluding hydrogens is 226 g/mol. The molecule has 1 rings (SSSR count). The molecule has 16 heavy (non-hydrogen) atoms. The number of nitriles is 1. The Hall–Kier alpha value is -0.640. The van der Waals surface area contributed by atoms with Crippen LogP contribution >= 0.6 is 0 Å². The highest BCUT2D eigenvalue weighted by molar-refractivity contribution is 7.90. The van der Waals surface area contributed by atoms with Gasteiger partial charge in [0.2, 0.25) is 10.0 Å². The van der Waals surface area contributed by atoms with E-state index in [1.807, 2.05) is 0 Å². The summed E-state index contributed by atoms with van der Waals surface area (Å²) in [7, 11) is -3.46. The molecule has 1 N–H and O–H groups in total. The van der Waals surface area contributed by atoms with Crippen molar-refractivity contribution in [2.75, 3.05) is 19.6 Å². The average Bonchev–Trinajstić information content (AvgIpc) is 3.07. The van der Waals surface area contributed by atoms with Crippen molar-refractivity contribution in [2.24, 2.45) is 0 Å². The first-order valence-electron chi connectivity index (χ1n) is 5.63. The van der Waals surface area contributed by atoms with Crippen molar-refractivity contribution in [3.8, 4) is 6.07 Å². The van der Waals surface area contributed by atoms with Crippen LogP contribution in [0.25, 0.3) is 0 Å². The summed E-state index contributed by atoms with van der Waals surface area (Å²) >= 11 is 0. The fourth-order valence-electron chi connectivity index (χ4n) is 1.56. The van der Waals surface area contributed by atoms with E-state index in [-0.39, 0.29) is 0 Å². The van der Waals surface area contributed by atoms with Gasteiger partial charge >= 0.3 is 0 Å². The summed E-state index contributed by atoms with van der Waals surface area (Å²) in [6, 6.07) is 2.37. The molecule has 0 aromatic heterocycles. The monoisotopic (exact) mass is 245 g/mol. The number of rotatable bonds is 7. The molecule has 0 spiro atoms. The van der Waals surface area contributed by atoms with E-state index >= 15 is 0 Å². The van der Waals surface area contributed by atoms with E-state index in [4.69, 9.17) is 5.26 Å². The molecule has 1 aliphatic carbocycles. The van der Waals surface area contributed by atoms with Crippen molar-refractivity contribution in [2.45, 2.75) is 38.0 Å². The molecule has 1 aliphatic rings. The van der Waals surface area contributed by atoms with Crippen LogP contribution in [-0.4, -0.2) is 44.2 Å². The van der Waals surface area contributed by atoms with Gasteiger partial charge in [-0.25, -0.2) is 13.1 Å². The molecule has 6 heteroatoms. The summed E-state index contributed by atoms with van der Waals surface area (Å²) in [6.45, 7) is 5.52. The zero-order valence-corrected chi connectivity index (χ0v) is 10.6. The topological polar surface area (TPSA) is 73.2 Å². The Labute approximate surface area is 97.5 Å². The molecule has 1 atom stereocenters. The first-order valence-corrected chi connectivity index (χ1v) is 7.18. The lowest BCUT2D eigenvalue weighted by Crippen LogP contribution is -2.39. The third kappa shape index (κ3) is 3.74. The molecule has 0 amide bonds. The molecule has 0 aromatic carbocycles. The van der Waals surface area contributed by atoms with Gasteiger partial charge < -0.3 is 0 Å². The average molecular weight is 245 g/mol. The van der Waals surface area contributed by atoms with Gasteiger partial charge in [0.05, 0.1) is 6.07 Å². The largest absolute Gasteiger partial charge is 0.299 e. The third-order valence-electron chi connectivity index (χ3n) is 2.82. The van der Waals surface area contributed by atoms with Crippen LogP contribution in [0.15, 0.2) is 0 Å². The number of sulfonamides is 1. The summed E-state index contributed by atoms with van der Waals surface area (Å²) in [5, 5.41) is 7.56. The Bertz CT molecular complexity index is 357. The van der Waals surface area contributed by atoms with Gasteiger partial charge in [-0.1, -0.05) is 6.92 Å². The summed E-state index contributed by atoms with van der Waals surface area (Å²) in [5.41, 5.74) is 0. The van der Waals surface area contributed by atoms with Crippen molar-refractivity contribution < 1.29 is 8.42 Å². The molecule has 5 nitrogen and oxygen atoms in total. The van der Waals surface area contributed by atoms with E-state index in [9.17, 15) is 8.42 Å². The molecular formula is C10H19N3O2S. The second-order valence-corrected chi connectivity index (χ2v) is 6.16. The summed E-state index contributed by atoms with van der Waals surface area (Å²) < 4.78 is 25.4. The Balaban J connectivity index is 2.32. The van der Waals surface area contributed by atoms with Crippen LogP contribution in [-0.2, 0) is 10.0 Å². The van der Waals surface area contributed by atoms with Crippen LogP contribution in [0.1, 0.15) is 26.7 Å². The fourth-order valence-corrected chi connectivity index (χ4v) is 2.33. The maximum Gasteiger partial charge on any atom is 0.227 e. The Morgan fingerprint density at radius 3 is 2.62 bits per heavy atom. The summed E-state index contributed by atoms with van der Waals surface area (Å²) in [4.78, 5) is 2.26. The van der Waals surface area contributed by atoms with Gasteiger partial charge in [0, 0.05) is 19.1 Å². The number of likely N-dealkylation sites (N-methyl/N-ethyl adjacent to an activating group) is 1. The lowest BCUT2D eigenvalue weighted by atomic mass is 10.4. The number of nitrogens with zero attached hydrogens (tertiary/aromatic N) is 2. The van der Waals surface area contributed by atoms with Gasteiger partial charge in [0.15, 0.2) is 5.25 Å². The van der Waals surface area contributed by atoms with Crippen LogP contribution in [0.5, 0.6) is 0 Å². The molecule has 0 saturated heterocycles. The smallest absolute Gasteiger partial charge is 0.227 e. The lowest BCUT2D eigenvalue weighted by molar-refractivity contribution is 0.282. The van der Waals surface area contributed by atoms with Gasteiger partial charge in [0.25, 0.3) is 0 Å². The molecule has 1 fully saturated rings. The van der Waals surface area contributed by atoms with E-state index in [0.29, 0.717) is 12.6 Å². The van der Waals surface area contributed by atoms with E-state index < -0.39 is 15.3 Å². The van der Waals surface area contributed by atoms with Crippen LogP contribution in [0.4, 0.5) is 0 Å². The molecule has 0 radical (unpaired) electrons. The van der Waals surface area contributed by atoms with E-state index in [1.54, 1.807) is 6.07 Å². The molecule has 1 saturated carbocycles. The van der Waals surface area contributed by atoms with E-state index in [2.05, 4.69) is 16.5 Å². The van der Waals surface area contributed by atoms with Gasteiger partial charge in [-0.15, -0.1) is 0 Å². The minimum Gasteiger partial charge on any atom is -0.299 e. The minimum absolute atomic E-state index is 0.388. The van der Waals surface area contributed by atoms with Gasteiger partial charge in [-0.05, 0) is 26.3 Å². The summed E-state index contributed by atoms with van der Waals surface area (Å²) in [5.74, 6) is 0. The maximum absolute atomic E-state index is 11.5. The second kappa shape index (κ2) is 5.62. The molecule has 92 valence electrons. The molecule has 1 unspecified atom stereocenters. The molecule has 0 bridgehead atoms. The Morgan fingerprint density at radius 1 is 1.56 bits per heavy atom. The fraction of sp³-hybridized carbons (Fsp3) is 0.900. The van der Waals surface area contributed by atoms with Gasteiger partial charge in [-0.3, -0.25) is 4.90 Å². The van der Waals surface area contributed by atoms with Gasteiger partial charge in [-0.2, -0.15) is 5.26 Å². The number of hydrogen-bond acceptors (Lipinski definition) is 4. The highest BCUT2D eigenvalue weighted by atomic mass is 32.2. The quantitative estimate of drug-likeness (QED) is 0.700. The van der Waals surface area contributed by atoms with Crippen LogP contribution < -0.4 is 4.72 Å². The van der Waals surface area contributed by atoms with E-state index in [0.717, 1.165) is 13.1 Å². The van der Waals surface area contributed by atoms with Crippen LogP contribution in [0.2, 0.25) is 0 Å². The standard InChI is InChI=1S/C10H19N3O2S/c1-3-13(10-4-5-10)7-6-12-16(14,15)9(2)8-11/h9-10,12H,3-7H2,1-2H3. The highest BCUT2D eigenvalue weighted by Crippen LogP contribution is 2.25. The maximum atomic E-state index is 11.5. The normalized spacial score (nSPS) is 18.4. The van der Waals surface area contributed by atoms with Gasteiger partial charge in [0.1, 0.15) is 0 Å². The highest BCUT2D eigenvalue weighted by Gasteiger charge is 2.27. The van der Waals surface area contributed by atoms with E-state index in [1.165, 1.54) is 19.8 Å². The SMILES string of the molecule is CCN(CCNS(=O)(=O)C(C)C#N)C1CC1. The zero-order valence-electron chi connectivity index (χ0n) is 9.81. The molecule has 0 heterocycles. The van der Waals surface area contributed by atoms with Crippen molar-refractivity contribution >= 4 is 10.0 Å². The third-order valence-corrected chi connectivity index (χ3v) is 4.46. The van der Waals surface area contributed by atoms with Crippen molar-refractivity contribution in [3.63, 3.8) is 0 Å². The molecule has 0 aliphatic heterocycles. The van der Waals surface area contributed by atoms with Crippen LogP contribution in [0.3, 0.4) is 0 Å².